The topological polar surface area (TPSA) is 82.8 Å². The van der Waals surface area contributed by atoms with E-state index in [4.69, 9.17) is 16.6 Å². The van der Waals surface area contributed by atoms with Crippen LogP contribution >= 0.6 is 24.0 Å². The zero-order chi connectivity index (χ0) is 22.0. The van der Waals surface area contributed by atoms with Crippen LogP contribution < -0.4 is 5.43 Å². The van der Waals surface area contributed by atoms with Crippen molar-refractivity contribution in [2.45, 2.75) is 13.3 Å². The zero-order valence-corrected chi connectivity index (χ0v) is 18.1. The molecule has 1 fully saturated rings. The highest BCUT2D eigenvalue weighted by Gasteiger charge is 2.33. The van der Waals surface area contributed by atoms with Gasteiger partial charge in [-0.05, 0) is 48.5 Å². The van der Waals surface area contributed by atoms with Gasteiger partial charge in [0.15, 0.2) is 4.32 Å². The minimum absolute atomic E-state index is 0.0470. The Morgan fingerprint density at radius 2 is 1.90 bits per heavy atom. The number of hydrazine groups is 1. The van der Waals surface area contributed by atoms with Gasteiger partial charge in [0, 0.05) is 11.6 Å². The Labute approximate surface area is 188 Å². The van der Waals surface area contributed by atoms with E-state index in [1.54, 1.807) is 24.3 Å². The van der Waals surface area contributed by atoms with E-state index in [0.29, 0.717) is 10.7 Å². The van der Waals surface area contributed by atoms with Crippen LogP contribution in [-0.2, 0) is 11.2 Å². The number of furan rings is 1. The Hall–Kier alpha value is -3.36. The van der Waals surface area contributed by atoms with E-state index in [1.807, 2.05) is 30.3 Å². The monoisotopic (exact) mass is 450 g/mol. The summed E-state index contributed by atoms with van der Waals surface area (Å²) in [4.78, 5) is 24.7. The van der Waals surface area contributed by atoms with Gasteiger partial charge in [-0.2, -0.15) is 0 Å². The van der Waals surface area contributed by atoms with Gasteiger partial charge in [0.05, 0.1) is 16.2 Å². The molecule has 3 aromatic rings. The number of para-hydroxylation sites is 1. The number of benzene rings is 2. The third kappa shape index (κ3) is 4.26. The Morgan fingerprint density at radius 1 is 1.16 bits per heavy atom. The molecular weight excluding hydrogens is 432 g/mol. The van der Waals surface area contributed by atoms with Crippen molar-refractivity contribution in [3.05, 3.63) is 82.5 Å². The largest absolute Gasteiger partial charge is 0.478 e. The second-order valence-corrected chi connectivity index (χ2v) is 8.37. The average molecular weight is 451 g/mol. The summed E-state index contributed by atoms with van der Waals surface area (Å²) < 4.78 is 6.24. The fourth-order valence-electron chi connectivity index (χ4n) is 3.22. The summed E-state index contributed by atoms with van der Waals surface area (Å²) in [6.45, 7) is 2.09. The molecule has 1 aromatic heterocycles. The first-order chi connectivity index (χ1) is 15.0. The van der Waals surface area contributed by atoms with E-state index >= 15 is 0 Å². The lowest BCUT2D eigenvalue weighted by Gasteiger charge is -2.18. The number of hydrogen-bond donors (Lipinski definition) is 2. The molecule has 31 heavy (non-hydrogen) atoms. The standard InChI is InChI=1S/C23H18N2O4S2/c1-2-14-7-3-4-8-16(14)19-12-11-15(29-19)13-20-21(26)25(23(30)31-20)24-18-10-6-5-9-17(18)22(27)28/h3-13,24H,2H2,1H3,(H,27,28). The second-order valence-electron chi connectivity index (χ2n) is 6.69. The highest BCUT2D eigenvalue weighted by Crippen LogP contribution is 2.34. The van der Waals surface area contributed by atoms with Crippen molar-refractivity contribution in [1.29, 1.82) is 0 Å². The molecule has 2 aromatic carbocycles. The maximum absolute atomic E-state index is 12.9. The van der Waals surface area contributed by atoms with Crippen molar-refractivity contribution in [3.63, 3.8) is 0 Å². The summed E-state index contributed by atoms with van der Waals surface area (Å²) in [5.41, 5.74) is 5.34. The Kier molecular flexibility index (Phi) is 5.92. The smallest absolute Gasteiger partial charge is 0.337 e. The molecular formula is C23H18N2O4S2. The minimum atomic E-state index is -1.10. The molecule has 8 heteroatoms. The predicted octanol–water partition coefficient (Wildman–Crippen LogP) is 5.44. The quantitative estimate of drug-likeness (QED) is 0.382. The number of thioether (sulfide) groups is 1. The maximum Gasteiger partial charge on any atom is 0.337 e. The van der Waals surface area contributed by atoms with Gasteiger partial charge in [-0.25, -0.2) is 9.80 Å². The van der Waals surface area contributed by atoms with E-state index < -0.39 is 5.97 Å². The first-order valence-corrected chi connectivity index (χ1v) is 10.8. The summed E-state index contributed by atoms with van der Waals surface area (Å²) in [7, 11) is 0. The van der Waals surface area contributed by atoms with Gasteiger partial charge < -0.3 is 9.52 Å². The van der Waals surface area contributed by atoms with Gasteiger partial charge >= 0.3 is 5.97 Å². The van der Waals surface area contributed by atoms with Crippen LogP contribution in [0.15, 0.2) is 70.0 Å². The molecule has 4 rings (SSSR count). The van der Waals surface area contributed by atoms with Crippen molar-refractivity contribution in [2.75, 3.05) is 5.43 Å². The number of anilines is 1. The lowest BCUT2D eigenvalue weighted by Crippen LogP contribution is -2.34. The van der Waals surface area contributed by atoms with Crippen LogP contribution in [0.4, 0.5) is 5.69 Å². The fraction of sp³-hybridized carbons (Fsp3) is 0.0870. The lowest BCUT2D eigenvalue weighted by atomic mass is 10.0. The van der Waals surface area contributed by atoms with Crippen molar-refractivity contribution in [3.8, 4) is 11.3 Å². The number of carbonyl (C=O) groups excluding carboxylic acids is 1. The van der Waals surface area contributed by atoms with E-state index in [-0.39, 0.29) is 21.5 Å². The molecule has 0 aliphatic carbocycles. The molecule has 0 unspecified atom stereocenters. The average Bonchev–Trinajstić information content (AvgIpc) is 3.34. The van der Waals surface area contributed by atoms with Crippen LogP contribution in [0, 0.1) is 0 Å². The number of carbonyl (C=O) groups is 2. The molecule has 1 aliphatic heterocycles. The van der Waals surface area contributed by atoms with Crippen LogP contribution in [0.25, 0.3) is 17.4 Å². The second kappa shape index (κ2) is 8.79. The van der Waals surface area contributed by atoms with E-state index in [2.05, 4.69) is 18.4 Å². The fourth-order valence-corrected chi connectivity index (χ4v) is 4.38. The number of nitrogens with one attached hydrogen (secondary N) is 1. The van der Waals surface area contributed by atoms with E-state index in [0.717, 1.165) is 29.5 Å². The molecule has 0 spiro atoms. The molecule has 2 N–H and O–H groups in total. The number of carboxylic acids is 1. The highest BCUT2D eigenvalue weighted by atomic mass is 32.2. The summed E-state index contributed by atoms with van der Waals surface area (Å²) in [6.07, 6.45) is 2.52. The van der Waals surface area contributed by atoms with Crippen molar-refractivity contribution >= 4 is 51.9 Å². The van der Waals surface area contributed by atoms with Crippen molar-refractivity contribution in [2.24, 2.45) is 0 Å². The molecule has 1 amide bonds. The van der Waals surface area contributed by atoms with Crippen LogP contribution in [0.3, 0.4) is 0 Å². The summed E-state index contributed by atoms with van der Waals surface area (Å²) >= 11 is 6.44. The lowest BCUT2D eigenvalue weighted by molar-refractivity contribution is -0.121. The third-order valence-corrected chi connectivity index (χ3v) is 6.05. The zero-order valence-electron chi connectivity index (χ0n) is 16.5. The van der Waals surface area contributed by atoms with Gasteiger partial charge in [0.1, 0.15) is 11.5 Å². The highest BCUT2D eigenvalue weighted by molar-refractivity contribution is 8.26. The van der Waals surface area contributed by atoms with Crippen LogP contribution in [-0.4, -0.2) is 26.3 Å². The molecule has 0 radical (unpaired) electrons. The molecule has 1 aliphatic rings. The number of aryl methyl sites for hydroxylation is 1. The summed E-state index contributed by atoms with van der Waals surface area (Å²) in [5, 5.41) is 10.5. The first-order valence-electron chi connectivity index (χ1n) is 9.53. The van der Waals surface area contributed by atoms with Crippen molar-refractivity contribution in [1.82, 2.24) is 5.01 Å². The normalized spacial score (nSPS) is 15.0. The number of amides is 1. The van der Waals surface area contributed by atoms with Gasteiger partial charge in [-0.3, -0.25) is 10.2 Å². The first kappa shape index (κ1) is 20.9. The molecule has 6 nitrogen and oxygen atoms in total. The SMILES string of the molecule is CCc1ccccc1-c1ccc(C=C2SC(=S)N(Nc3ccccc3C(=O)O)C2=O)o1. The van der Waals surface area contributed by atoms with E-state index in [1.165, 1.54) is 16.6 Å². The molecule has 0 atom stereocenters. The number of thiocarbonyl (C=S) groups is 1. The third-order valence-electron chi connectivity index (χ3n) is 4.75. The van der Waals surface area contributed by atoms with E-state index in [9.17, 15) is 14.7 Å². The molecule has 156 valence electrons. The van der Waals surface area contributed by atoms with Gasteiger partial charge in [-0.1, -0.05) is 55.1 Å². The maximum atomic E-state index is 12.9. The van der Waals surface area contributed by atoms with Crippen molar-refractivity contribution < 1.29 is 19.1 Å². The summed E-state index contributed by atoms with van der Waals surface area (Å²) in [6, 6.07) is 18.0. The summed E-state index contributed by atoms with van der Waals surface area (Å²) in [5.74, 6) is -0.207. The molecule has 1 saturated heterocycles. The minimum Gasteiger partial charge on any atom is -0.478 e. The van der Waals surface area contributed by atoms with Gasteiger partial charge in [0.25, 0.3) is 5.91 Å². The Bertz CT molecular complexity index is 1220. The number of nitrogens with zero attached hydrogens (tertiary/aromatic N) is 1. The molecule has 0 bridgehead atoms. The van der Waals surface area contributed by atoms with Gasteiger partial charge in [-0.15, -0.1) is 0 Å². The number of aromatic carboxylic acids is 1. The molecule has 0 saturated carbocycles. The number of rotatable bonds is 6. The Morgan fingerprint density at radius 3 is 2.68 bits per heavy atom. The predicted molar refractivity (Wildman–Crippen MR) is 126 cm³/mol. The molecule has 2 heterocycles. The Balaban J connectivity index is 1.57. The van der Waals surface area contributed by atoms with Gasteiger partial charge in [0.2, 0.25) is 0 Å². The van der Waals surface area contributed by atoms with Crippen LogP contribution in [0.1, 0.15) is 28.6 Å². The number of carboxylic acid groups (broad SMARTS) is 1. The number of hydrogen-bond acceptors (Lipinski definition) is 6. The van der Waals surface area contributed by atoms with Crippen LogP contribution in [0.5, 0.6) is 0 Å². The van der Waals surface area contributed by atoms with Crippen LogP contribution in [0.2, 0.25) is 0 Å².